The highest BCUT2D eigenvalue weighted by atomic mass is 32.2. The molecule has 2 saturated heterocycles. The third-order valence-electron chi connectivity index (χ3n) is 5.86. The van der Waals surface area contributed by atoms with Crippen LogP contribution in [0.5, 0.6) is 0 Å². The highest BCUT2D eigenvalue weighted by Crippen LogP contribution is 2.27. The molecule has 1 amide bonds. The first-order valence-corrected chi connectivity index (χ1v) is 12.5. The first-order valence-electron chi connectivity index (χ1n) is 10.2. The van der Waals surface area contributed by atoms with E-state index in [9.17, 15) is 4.79 Å². The number of amides is 1. The molecule has 1 saturated carbocycles. The Bertz CT molecular complexity index is 468. The molecule has 0 aromatic rings. The molecule has 3 aliphatic rings. The van der Waals surface area contributed by atoms with Crippen molar-refractivity contribution >= 4 is 35.4 Å². The minimum Gasteiger partial charge on any atom is -0.356 e. The van der Waals surface area contributed by atoms with Gasteiger partial charge in [-0.25, -0.2) is 0 Å². The van der Waals surface area contributed by atoms with Crippen molar-refractivity contribution in [2.45, 2.75) is 44.6 Å². The molecule has 0 bridgehead atoms. The van der Waals surface area contributed by atoms with Crippen LogP contribution in [0.4, 0.5) is 0 Å². The Kier molecular flexibility index (Phi) is 8.30. The summed E-state index contributed by atoms with van der Waals surface area (Å²) in [7, 11) is 1.86. The van der Waals surface area contributed by atoms with Gasteiger partial charge in [0.1, 0.15) is 0 Å². The molecule has 0 spiro atoms. The third-order valence-corrected chi connectivity index (χ3v) is 7.85. The predicted octanol–water partition coefficient (Wildman–Crippen LogP) is 2.43. The minimum absolute atomic E-state index is 0.242. The van der Waals surface area contributed by atoms with E-state index in [2.05, 4.69) is 32.3 Å². The zero-order valence-corrected chi connectivity index (χ0v) is 17.7. The molecule has 26 heavy (non-hydrogen) atoms. The van der Waals surface area contributed by atoms with Crippen molar-refractivity contribution in [3.63, 3.8) is 0 Å². The molecule has 0 radical (unpaired) electrons. The van der Waals surface area contributed by atoms with Crippen LogP contribution in [0.25, 0.3) is 0 Å². The number of rotatable bonds is 4. The van der Waals surface area contributed by atoms with E-state index in [0.29, 0.717) is 11.9 Å². The lowest BCUT2D eigenvalue weighted by atomic mass is 9.85. The highest BCUT2D eigenvalue weighted by molar-refractivity contribution is 7.99. The Morgan fingerprint density at radius 3 is 2.31 bits per heavy atom. The van der Waals surface area contributed by atoms with Gasteiger partial charge in [0, 0.05) is 50.1 Å². The summed E-state index contributed by atoms with van der Waals surface area (Å²) in [6.45, 7) is 2.91. The molecule has 5 nitrogen and oxygen atoms in total. The molecule has 0 unspecified atom stereocenters. The largest absolute Gasteiger partial charge is 0.356 e. The summed E-state index contributed by atoms with van der Waals surface area (Å²) in [4.78, 5) is 19.2. The number of hydrogen-bond donors (Lipinski definition) is 2. The van der Waals surface area contributed by atoms with Gasteiger partial charge in [-0.15, -0.1) is 0 Å². The van der Waals surface area contributed by atoms with Gasteiger partial charge in [0.2, 0.25) is 5.91 Å². The Labute approximate surface area is 166 Å². The van der Waals surface area contributed by atoms with E-state index in [1.54, 1.807) is 0 Å². The van der Waals surface area contributed by atoms with Crippen LogP contribution >= 0.6 is 23.5 Å². The topological polar surface area (TPSA) is 56.7 Å². The highest BCUT2D eigenvalue weighted by Gasteiger charge is 2.30. The molecule has 0 aromatic carbocycles. The number of hydrogen-bond acceptors (Lipinski definition) is 4. The van der Waals surface area contributed by atoms with E-state index in [1.165, 1.54) is 24.3 Å². The summed E-state index contributed by atoms with van der Waals surface area (Å²) in [6, 6.07) is 0.448. The maximum Gasteiger partial charge on any atom is 0.225 e. The molecule has 2 heterocycles. The zero-order valence-electron chi connectivity index (χ0n) is 16.0. The smallest absolute Gasteiger partial charge is 0.225 e. The fourth-order valence-electron chi connectivity index (χ4n) is 4.11. The van der Waals surface area contributed by atoms with Crippen LogP contribution in [0.1, 0.15) is 38.5 Å². The van der Waals surface area contributed by atoms with Crippen LogP contribution < -0.4 is 10.6 Å². The molecule has 3 fully saturated rings. The van der Waals surface area contributed by atoms with Crippen LogP contribution in [0, 0.1) is 11.8 Å². The lowest BCUT2D eigenvalue weighted by molar-refractivity contribution is -0.136. The van der Waals surface area contributed by atoms with Crippen molar-refractivity contribution in [2.24, 2.45) is 16.8 Å². The Balaban J connectivity index is 1.37. The molecule has 0 atom stereocenters. The second kappa shape index (κ2) is 10.7. The van der Waals surface area contributed by atoms with E-state index in [0.717, 1.165) is 68.7 Å². The van der Waals surface area contributed by atoms with Gasteiger partial charge in [0.15, 0.2) is 5.96 Å². The second-order valence-corrected chi connectivity index (χ2v) is 10.1. The average molecular weight is 399 g/mol. The summed E-state index contributed by atoms with van der Waals surface area (Å²) in [5.41, 5.74) is 0. The van der Waals surface area contributed by atoms with Gasteiger partial charge >= 0.3 is 0 Å². The monoisotopic (exact) mass is 398 g/mol. The number of guanidine groups is 1. The van der Waals surface area contributed by atoms with Gasteiger partial charge < -0.3 is 15.5 Å². The van der Waals surface area contributed by atoms with E-state index >= 15 is 0 Å². The number of thioether (sulfide) groups is 2. The maximum atomic E-state index is 12.7. The number of carbonyl (C=O) groups is 1. The van der Waals surface area contributed by atoms with Gasteiger partial charge in [-0.1, -0.05) is 0 Å². The van der Waals surface area contributed by atoms with E-state index in [-0.39, 0.29) is 5.92 Å². The van der Waals surface area contributed by atoms with Gasteiger partial charge in [-0.2, -0.15) is 23.5 Å². The van der Waals surface area contributed by atoms with Crippen molar-refractivity contribution in [1.82, 2.24) is 15.5 Å². The standard InChI is InChI=1S/C19H34N4OS2/c1-20-19(21-14-15-6-10-25-11-7-15)22-17-4-2-16(3-5-17)18(24)23-8-12-26-13-9-23/h15-17H,2-14H2,1H3,(H2,20,21,22). The number of nitrogens with one attached hydrogen (secondary N) is 2. The molecule has 1 aliphatic carbocycles. The van der Waals surface area contributed by atoms with Crippen molar-refractivity contribution in [3.8, 4) is 0 Å². The van der Waals surface area contributed by atoms with Crippen LogP contribution in [0.2, 0.25) is 0 Å². The first kappa shape index (κ1) is 20.2. The number of aliphatic imine (C=N–C) groups is 1. The summed E-state index contributed by atoms with van der Waals surface area (Å²) in [5, 5.41) is 7.11. The molecule has 2 N–H and O–H groups in total. The predicted molar refractivity (Wildman–Crippen MR) is 114 cm³/mol. The summed E-state index contributed by atoms with van der Waals surface area (Å²) in [5.74, 6) is 7.16. The zero-order chi connectivity index (χ0) is 18.2. The van der Waals surface area contributed by atoms with Gasteiger partial charge in [-0.05, 0) is 55.9 Å². The Hall–Kier alpha value is -0.560. The van der Waals surface area contributed by atoms with Crippen molar-refractivity contribution in [2.75, 3.05) is 49.7 Å². The summed E-state index contributed by atoms with van der Waals surface area (Å²) < 4.78 is 0. The van der Waals surface area contributed by atoms with Crippen LogP contribution in [0.15, 0.2) is 4.99 Å². The molecule has 148 valence electrons. The maximum absolute atomic E-state index is 12.7. The molecular formula is C19H34N4OS2. The number of nitrogens with zero attached hydrogens (tertiary/aromatic N) is 2. The van der Waals surface area contributed by atoms with Crippen LogP contribution in [-0.2, 0) is 4.79 Å². The van der Waals surface area contributed by atoms with Crippen LogP contribution in [0.3, 0.4) is 0 Å². The summed E-state index contributed by atoms with van der Waals surface area (Å²) in [6.07, 6.45) is 6.79. The molecule has 2 aliphatic heterocycles. The normalized spacial score (nSPS) is 28.7. The van der Waals surface area contributed by atoms with E-state index in [4.69, 9.17) is 0 Å². The lowest BCUT2D eigenvalue weighted by Crippen LogP contribution is -2.48. The third kappa shape index (κ3) is 5.98. The van der Waals surface area contributed by atoms with Gasteiger partial charge in [0.25, 0.3) is 0 Å². The first-order chi connectivity index (χ1) is 12.8. The molecular weight excluding hydrogens is 364 g/mol. The summed E-state index contributed by atoms with van der Waals surface area (Å²) >= 11 is 4.04. The molecule has 3 rings (SSSR count). The minimum atomic E-state index is 0.242. The Morgan fingerprint density at radius 2 is 1.65 bits per heavy atom. The van der Waals surface area contributed by atoms with Crippen molar-refractivity contribution in [1.29, 1.82) is 0 Å². The van der Waals surface area contributed by atoms with Crippen molar-refractivity contribution < 1.29 is 4.79 Å². The van der Waals surface area contributed by atoms with Gasteiger partial charge in [0.05, 0.1) is 0 Å². The number of carbonyl (C=O) groups excluding carboxylic acids is 1. The fourth-order valence-corrected chi connectivity index (χ4v) is 6.21. The van der Waals surface area contributed by atoms with E-state index in [1.807, 2.05) is 18.8 Å². The molecule has 7 heteroatoms. The van der Waals surface area contributed by atoms with E-state index < -0.39 is 0 Å². The fraction of sp³-hybridized carbons (Fsp3) is 0.895. The SMILES string of the molecule is CN=C(NCC1CCSCC1)NC1CCC(C(=O)N2CCSCC2)CC1. The quantitative estimate of drug-likeness (QED) is 0.563. The average Bonchev–Trinajstić information content (AvgIpc) is 2.72. The Morgan fingerprint density at radius 1 is 1.00 bits per heavy atom. The second-order valence-electron chi connectivity index (χ2n) is 7.64. The molecule has 0 aromatic heterocycles. The lowest BCUT2D eigenvalue weighted by Gasteiger charge is -2.34. The van der Waals surface area contributed by atoms with Gasteiger partial charge in [-0.3, -0.25) is 9.79 Å². The van der Waals surface area contributed by atoms with Crippen molar-refractivity contribution in [3.05, 3.63) is 0 Å². The van der Waals surface area contributed by atoms with Crippen LogP contribution in [-0.4, -0.2) is 72.5 Å².